The highest BCUT2D eigenvalue weighted by Crippen LogP contribution is 2.35. The van der Waals surface area contributed by atoms with E-state index in [1.165, 1.54) is 4.90 Å². The molecular weight excluding hydrogens is 293 g/mol. The first kappa shape index (κ1) is 15.6. The van der Waals surface area contributed by atoms with Crippen LogP contribution in [0.5, 0.6) is 0 Å². The van der Waals surface area contributed by atoms with Gasteiger partial charge in [-0.05, 0) is 19.8 Å². The number of carboxylic acid groups (broad SMARTS) is 1. The van der Waals surface area contributed by atoms with Crippen LogP contribution < -0.4 is 0 Å². The average molecular weight is 308 g/mol. The summed E-state index contributed by atoms with van der Waals surface area (Å²) in [6, 6.07) is 0.890. The van der Waals surface area contributed by atoms with E-state index >= 15 is 0 Å². The molecule has 1 aliphatic rings. The van der Waals surface area contributed by atoms with E-state index in [0.29, 0.717) is 12.8 Å². The van der Waals surface area contributed by atoms with Gasteiger partial charge >= 0.3 is 12.3 Å². The number of aliphatic hydroxyl groups is 1. The van der Waals surface area contributed by atoms with Gasteiger partial charge in [-0.1, -0.05) is 5.16 Å². The summed E-state index contributed by atoms with van der Waals surface area (Å²) in [7, 11) is 0. The quantitative estimate of drug-likeness (QED) is 0.876. The third-order valence-corrected chi connectivity index (χ3v) is 3.67. The highest BCUT2D eigenvalue weighted by atomic mass is 19.4. The number of hydrogen-bond acceptors (Lipinski definition) is 4. The van der Waals surface area contributed by atoms with E-state index in [1.54, 1.807) is 6.92 Å². The van der Waals surface area contributed by atoms with Crippen molar-refractivity contribution >= 4 is 6.09 Å². The van der Waals surface area contributed by atoms with Crippen LogP contribution in [-0.2, 0) is 0 Å². The van der Waals surface area contributed by atoms with E-state index in [-0.39, 0.29) is 24.3 Å². The second kappa shape index (κ2) is 5.55. The molecule has 9 heteroatoms. The fourth-order valence-corrected chi connectivity index (χ4v) is 2.40. The van der Waals surface area contributed by atoms with Gasteiger partial charge < -0.3 is 19.6 Å². The molecular formula is C12H15F3N2O4. The van der Waals surface area contributed by atoms with E-state index < -0.39 is 24.1 Å². The van der Waals surface area contributed by atoms with Crippen LogP contribution in [0.15, 0.2) is 10.6 Å². The number of carbonyl (C=O) groups is 1. The Morgan fingerprint density at radius 1 is 1.52 bits per heavy atom. The number of alkyl halides is 3. The number of rotatable bonds is 2. The lowest BCUT2D eigenvalue weighted by Gasteiger charge is -2.34. The highest BCUT2D eigenvalue weighted by Gasteiger charge is 2.42. The van der Waals surface area contributed by atoms with Crippen LogP contribution in [-0.4, -0.2) is 45.1 Å². The van der Waals surface area contributed by atoms with Crippen LogP contribution in [0.2, 0.25) is 0 Å². The third kappa shape index (κ3) is 3.29. The molecule has 3 unspecified atom stereocenters. The number of halogens is 3. The molecule has 6 nitrogen and oxygen atoms in total. The van der Waals surface area contributed by atoms with Gasteiger partial charge in [0.25, 0.3) is 0 Å². The van der Waals surface area contributed by atoms with Gasteiger partial charge in [0.2, 0.25) is 0 Å². The summed E-state index contributed by atoms with van der Waals surface area (Å²) in [5.74, 6) is -0.203. The predicted molar refractivity (Wildman–Crippen MR) is 63.7 cm³/mol. The van der Waals surface area contributed by atoms with Gasteiger partial charge in [0, 0.05) is 24.6 Å². The van der Waals surface area contributed by atoms with Gasteiger partial charge in [0.1, 0.15) is 11.5 Å². The van der Waals surface area contributed by atoms with Crippen LogP contribution >= 0.6 is 0 Å². The van der Waals surface area contributed by atoms with E-state index in [9.17, 15) is 18.0 Å². The first-order valence-corrected chi connectivity index (χ1v) is 6.41. The molecule has 21 heavy (non-hydrogen) atoms. The van der Waals surface area contributed by atoms with Gasteiger partial charge in [0.15, 0.2) is 6.10 Å². The Bertz CT molecular complexity index is 517. The number of piperidine rings is 1. The van der Waals surface area contributed by atoms with Crippen molar-refractivity contribution in [3.63, 3.8) is 0 Å². The van der Waals surface area contributed by atoms with Crippen molar-refractivity contribution in [3.8, 4) is 0 Å². The molecule has 1 aromatic heterocycles. The zero-order chi connectivity index (χ0) is 15.8. The Morgan fingerprint density at radius 3 is 2.76 bits per heavy atom. The zero-order valence-corrected chi connectivity index (χ0v) is 11.2. The number of hydrogen-bond donors (Lipinski definition) is 2. The van der Waals surface area contributed by atoms with Gasteiger partial charge in [-0.15, -0.1) is 0 Å². The molecule has 1 amide bonds. The van der Waals surface area contributed by atoms with Crippen molar-refractivity contribution in [2.24, 2.45) is 0 Å². The molecule has 0 saturated carbocycles. The summed E-state index contributed by atoms with van der Waals surface area (Å²) in [6.07, 6.45) is -7.44. The Balaban J connectivity index is 2.13. The van der Waals surface area contributed by atoms with Crippen molar-refractivity contribution < 1.29 is 32.7 Å². The number of aromatic nitrogens is 1. The summed E-state index contributed by atoms with van der Waals surface area (Å²) in [5.41, 5.74) is -0.613. The van der Waals surface area contributed by atoms with Crippen LogP contribution in [0.3, 0.4) is 0 Å². The fraction of sp³-hybridized carbons (Fsp3) is 0.667. The first-order chi connectivity index (χ1) is 9.70. The van der Waals surface area contributed by atoms with E-state index in [4.69, 9.17) is 14.7 Å². The van der Waals surface area contributed by atoms with Crippen molar-refractivity contribution in [2.45, 2.75) is 44.0 Å². The predicted octanol–water partition coefficient (Wildman–Crippen LogP) is 2.52. The molecule has 2 N–H and O–H groups in total. The van der Waals surface area contributed by atoms with Crippen LogP contribution in [0.4, 0.5) is 18.0 Å². The third-order valence-electron chi connectivity index (χ3n) is 3.67. The highest BCUT2D eigenvalue weighted by molar-refractivity contribution is 5.65. The number of likely N-dealkylation sites (tertiary alicyclic amines) is 1. The standard InChI is InChI=1S/C12H15F3N2O4/c1-6-2-3-7(5-17(6)11(19)20)9-4-8(16-21-9)10(18)12(13,14)15/h4,6-7,10,18H,2-3,5H2,1H3,(H,19,20). The number of nitrogens with zero attached hydrogens (tertiary/aromatic N) is 2. The largest absolute Gasteiger partial charge is 0.465 e. The monoisotopic (exact) mass is 308 g/mol. The summed E-state index contributed by atoms with van der Waals surface area (Å²) in [4.78, 5) is 12.3. The topological polar surface area (TPSA) is 86.8 Å². The molecule has 2 rings (SSSR count). The SMILES string of the molecule is CC1CCC(c2cc(C(O)C(F)(F)F)no2)CN1C(=O)O. The molecule has 1 aromatic rings. The maximum Gasteiger partial charge on any atom is 0.420 e. The van der Waals surface area contributed by atoms with E-state index in [0.717, 1.165) is 6.07 Å². The summed E-state index contributed by atoms with van der Waals surface area (Å²) in [6.45, 7) is 1.90. The van der Waals surface area contributed by atoms with Crippen molar-refractivity contribution in [1.82, 2.24) is 10.1 Å². The lowest BCUT2D eigenvalue weighted by molar-refractivity contribution is -0.208. The zero-order valence-electron chi connectivity index (χ0n) is 11.2. The molecule has 2 heterocycles. The summed E-state index contributed by atoms with van der Waals surface area (Å²) in [5, 5.41) is 21.4. The normalized spacial score (nSPS) is 24.9. The first-order valence-electron chi connectivity index (χ1n) is 6.41. The summed E-state index contributed by atoms with van der Waals surface area (Å²) < 4.78 is 42.0. The van der Waals surface area contributed by atoms with Crippen LogP contribution in [0.1, 0.15) is 43.2 Å². The molecule has 3 atom stereocenters. The number of amides is 1. The van der Waals surface area contributed by atoms with E-state index in [1.807, 2.05) is 0 Å². The number of aliphatic hydroxyl groups excluding tert-OH is 1. The Morgan fingerprint density at radius 2 is 2.19 bits per heavy atom. The minimum absolute atomic E-state index is 0.132. The minimum atomic E-state index is -4.82. The minimum Gasteiger partial charge on any atom is -0.465 e. The smallest absolute Gasteiger partial charge is 0.420 e. The Kier molecular flexibility index (Phi) is 4.13. The molecule has 118 valence electrons. The van der Waals surface area contributed by atoms with Gasteiger partial charge in [0.05, 0.1) is 0 Å². The van der Waals surface area contributed by atoms with Crippen molar-refractivity contribution in [3.05, 3.63) is 17.5 Å². The molecule has 0 aromatic carbocycles. The van der Waals surface area contributed by atoms with Crippen molar-refractivity contribution in [1.29, 1.82) is 0 Å². The second-order valence-corrected chi connectivity index (χ2v) is 5.16. The molecule has 0 spiro atoms. The molecule has 0 aliphatic carbocycles. The Hall–Kier alpha value is -1.77. The Labute approximate surface area is 118 Å². The van der Waals surface area contributed by atoms with E-state index in [2.05, 4.69) is 5.16 Å². The molecule has 0 bridgehead atoms. The van der Waals surface area contributed by atoms with Crippen LogP contribution in [0.25, 0.3) is 0 Å². The van der Waals surface area contributed by atoms with Gasteiger partial charge in [-0.25, -0.2) is 4.79 Å². The van der Waals surface area contributed by atoms with Gasteiger partial charge in [-0.3, -0.25) is 0 Å². The molecule has 1 aliphatic heterocycles. The second-order valence-electron chi connectivity index (χ2n) is 5.16. The molecule has 1 saturated heterocycles. The molecule has 0 radical (unpaired) electrons. The molecule has 1 fully saturated rings. The maximum atomic E-state index is 12.4. The fourth-order valence-electron chi connectivity index (χ4n) is 2.40. The van der Waals surface area contributed by atoms with Gasteiger partial charge in [-0.2, -0.15) is 13.2 Å². The lowest BCUT2D eigenvalue weighted by atomic mass is 9.91. The maximum absolute atomic E-state index is 12.4. The average Bonchev–Trinajstić information content (AvgIpc) is 2.86. The van der Waals surface area contributed by atoms with Crippen molar-refractivity contribution in [2.75, 3.05) is 6.54 Å². The lowest BCUT2D eigenvalue weighted by Crippen LogP contribution is -2.44. The summed E-state index contributed by atoms with van der Waals surface area (Å²) >= 11 is 0. The van der Waals surface area contributed by atoms with Crippen LogP contribution in [0, 0.1) is 0 Å².